The minimum Gasteiger partial charge on any atom is -0.489 e. The van der Waals surface area contributed by atoms with Crippen LogP contribution in [-0.2, 0) is 11.3 Å². The number of ether oxygens (including phenoxy) is 2. The molecule has 10 heteroatoms. The minimum atomic E-state index is 0.219. The molecule has 1 aliphatic rings. The molecule has 0 atom stereocenters. The van der Waals surface area contributed by atoms with E-state index in [0.717, 1.165) is 5.56 Å². The molecule has 3 aromatic carbocycles. The summed E-state index contributed by atoms with van der Waals surface area (Å²) >= 11 is 19.0. The molecule has 0 unspecified atom stereocenters. The van der Waals surface area contributed by atoms with Gasteiger partial charge in [0.05, 0.1) is 16.8 Å². The normalized spacial score (nSPS) is 16.0. The monoisotopic (exact) mass is 600 g/mol. The number of oxime groups is 1. The maximum atomic E-state index is 9.95. The molecule has 1 saturated heterocycles. The van der Waals surface area contributed by atoms with Crippen molar-refractivity contribution >= 4 is 63.1 Å². The van der Waals surface area contributed by atoms with E-state index in [-0.39, 0.29) is 22.4 Å². The van der Waals surface area contributed by atoms with Crippen LogP contribution in [0, 0.1) is 0 Å². The first-order valence-corrected chi connectivity index (χ1v) is 13.5. The van der Waals surface area contributed by atoms with E-state index in [4.69, 9.17) is 49.3 Å². The van der Waals surface area contributed by atoms with Crippen molar-refractivity contribution in [1.29, 1.82) is 0 Å². The van der Waals surface area contributed by atoms with Crippen LogP contribution in [0.2, 0.25) is 15.2 Å². The average Bonchev–Trinajstić information content (AvgIpc) is 2.98. The van der Waals surface area contributed by atoms with Crippen LogP contribution in [-0.4, -0.2) is 25.9 Å². The fourth-order valence-electron chi connectivity index (χ4n) is 4.26. The van der Waals surface area contributed by atoms with Gasteiger partial charge in [-0.25, -0.2) is 9.97 Å². The Morgan fingerprint density at radius 2 is 1.73 bits per heavy atom. The molecule has 0 amide bonds. The molecule has 3 heterocycles. The largest absolute Gasteiger partial charge is 0.489 e. The van der Waals surface area contributed by atoms with Gasteiger partial charge in [-0.05, 0) is 54.1 Å². The van der Waals surface area contributed by atoms with Gasteiger partial charge < -0.3 is 14.7 Å². The lowest BCUT2D eigenvalue weighted by Gasteiger charge is -2.27. The second kappa shape index (κ2) is 11.6. The molecule has 1 N–H and O–H groups in total. The third-order valence-corrected chi connectivity index (χ3v) is 7.18. The van der Waals surface area contributed by atoms with Crippen LogP contribution in [0.15, 0.2) is 108 Å². The van der Waals surface area contributed by atoms with Gasteiger partial charge in [-0.1, -0.05) is 76.4 Å². The van der Waals surface area contributed by atoms with Crippen LogP contribution >= 0.6 is 34.8 Å². The van der Waals surface area contributed by atoms with Gasteiger partial charge in [0, 0.05) is 33.3 Å². The Balaban J connectivity index is 1.41. The molecule has 202 valence electrons. The van der Waals surface area contributed by atoms with E-state index in [2.05, 4.69) is 15.1 Å². The Morgan fingerprint density at radius 3 is 2.49 bits per heavy atom. The number of benzene rings is 3. The van der Waals surface area contributed by atoms with Gasteiger partial charge in [-0.2, -0.15) is 0 Å². The van der Waals surface area contributed by atoms with Crippen molar-refractivity contribution in [3.05, 3.63) is 140 Å². The van der Waals surface area contributed by atoms with Crippen molar-refractivity contribution in [2.45, 2.75) is 6.61 Å². The highest BCUT2D eigenvalue weighted by Crippen LogP contribution is 2.38. The highest BCUT2D eigenvalue weighted by molar-refractivity contribution is 6.36. The molecule has 2 aromatic heterocycles. The smallest absolute Gasteiger partial charge is 0.188 e. The van der Waals surface area contributed by atoms with Crippen LogP contribution in [0.3, 0.4) is 0 Å². The lowest BCUT2D eigenvalue weighted by atomic mass is 9.97. The van der Waals surface area contributed by atoms with Crippen molar-refractivity contribution in [2.75, 3.05) is 0 Å². The first-order chi connectivity index (χ1) is 20.0. The summed E-state index contributed by atoms with van der Waals surface area (Å²) in [7, 11) is 0. The third-order valence-electron chi connectivity index (χ3n) is 6.28. The number of aromatic nitrogens is 3. The van der Waals surface area contributed by atoms with Crippen LogP contribution in [0.25, 0.3) is 22.6 Å². The van der Waals surface area contributed by atoms with Crippen LogP contribution in [0.4, 0.5) is 0 Å². The zero-order valence-electron chi connectivity index (χ0n) is 21.1. The van der Waals surface area contributed by atoms with E-state index in [1.165, 1.54) is 0 Å². The standard InChI is InChI=1S/C31H19Cl3N4O3/c32-20-10-13-25-23(15-20)30(34)37-31(36-25)27(29-28(38-39)26(41-29)16-21-6-3-4-14-35-21)18-8-11-22(12-9-18)40-17-19-5-1-2-7-24(19)33/h1-16,39H,17H2/b26-16-,29-27-,38-28+. The maximum Gasteiger partial charge on any atom is 0.188 e. The molecule has 1 fully saturated rings. The third kappa shape index (κ3) is 5.60. The molecule has 0 aliphatic carbocycles. The fraction of sp³-hybridized carbons (Fsp3) is 0.0323. The predicted molar refractivity (Wildman–Crippen MR) is 160 cm³/mol. The molecule has 1 aliphatic heterocycles. The number of hydrogen-bond donors (Lipinski definition) is 1. The van der Waals surface area contributed by atoms with Crippen molar-refractivity contribution < 1.29 is 14.7 Å². The van der Waals surface area contributed by atoms with E-state index < -0.39 is 0 Å². The van der Waals surface area contributed by atoms with Gasteiger partial charge in [0.2, 0.25) is 0 Å². The molecule has 7 nitrogen and oxygen atoms in total. The summed E-state index contributed by atoms with van der Waals surface area (Å²) in [5.41, 5.74) is 3.50. The van der Waals surface area contributed by atoms with Crippen molar-refractivity contribution in [1.82, 2.24) is 15.0 Å². The van der Waals surface area contributed by atoms with Crippen molar-refractivity contribution in [3.8, 4) is 5.75 Å². The van der Waals surface area contributed by atoms with E-state index >= 15 is 0 Å². The molecule has 5 aromatic rings. The number of halogens is 3. The van der Waals surface area contributed by atoms with Crippen molar-refractivity contribution in [3.63, 3.8) is 0 Å². The van der Waals surface area contributed by atoms with Crippen LogP contribution in [0.5, 0.6) is 5.75 Å². The van der Waals surface area contributed by atoms with Crippen molar-refractivity contribution in [2.24, 2.45) is 5.16 Å². The van der Waals surface area contributed by atoms with Gasteiger partial charge in [0.1, 0.15) is 17.5 Å². The Labute approximate surface area is 250 Å². The second-order valence-corrected chi connectivity index (χ2v) is 10.1. The number of nitrogens with zero attached hydrogens (tertiary/aromatic N) is 4. The lowest BCUT2D eigenvalue weighted by molar-refractivity contribution is 0.276. The molecule has 41 heavy (non-hydrogen) atoms. The van der Waals surface area contributed by atoms with E-state index in [0.29, 0.717) is 55.9 Å². The summed E-state index contributed by atoms with van der Waals surface area (Å²) in [6.45, 7) is 0.311. The number of pyridine rings is 1. The molecular weight excluding hydrogens is 583 g/mol. The zero-order chi connectivity index (χ0) is 28.3. The molecular formula is C31H19Cl3N4O3. The van der Waals surface area contributed by atoms with Crippen LogP contribution < -0.4 is 4.74 Å². The Morgan fingerprint density at radius 1 is 0.927 bits per heavy atom. The Hall–Kier alpha value is -4.43. The SMILES string of the molecule is O/N=C1C(=C\c2ccccn2)\OC\1=C(\c1ccc(OCc2ccccc2Cl)cc1)c1nc(Cl)c2cc(Cl)ccc2n1. The maximum absolute atomic E-state index is 9.95. The molecule has 0 saturated carbocycles. The van der Waals surface area contributed by atoms with Gasteiger partial charge in [-0.15, -0.1) is 0 Å². The second-order valence-electron chi connectivity index (χ2n) is 8.92. The van der Waals surface area contributed by atoms with Gasteiger partial charge in [0.25, 0.3) is 0 Å². The topological polar surface area (TPSA) is 89.7 Å². The Bertz CT molecular complexity index is 1860. The predicted octanol–water partition coefficient (Wildman–Crippen LogP) is 8.22. The van der Waals surface area contributed by atoms with E-state index in [1.54, 1.807) is 30.5 Å². The zero-order valence-corrected chi connectivity index (χ0v) is 23.4. The number of hydrogen-bond acceptors (Lipinski definition) is 7. The number of fused-ring (bicyclic) bond motifs is 1. The lowest BCUT2D eigenvalue weighted by Crippen LogP contribution is -2.25. The van der Waals surface area contributed by atoms with E-state index in [1.807, 2.05) is 66.7 Å². The summed E-state index contributed by atoms with van der Waals surface area (Å²) < 4.78 is 12.0. The molecule has 6 rings (SSSR count). The van der Waals surface area contributed by atoms with E-state index in [9.17, 15) is 5.21 Å². The first kappa shape index (κ1) is 26.8. The molecule has 0 spiro atoms. The summed E-state index contributed by atoms with van der Waals surface area (Å²) in [4.78, 5) is 13.6. The van der Waals surface area contributed by atoms with Gasteiger partial charge in [-0.3, -0.25) is 4.98 Å². The summed E-state index contributed by atoms with van der Waals surface area (Å²) in [6, 6.07) is 25.5. The Kier molecular flexibility index (Phi) is 7.57. The molecule has 0 bridgehead atoms. The summed E-state index contributed by atoms with van der Waals surface area (Å²) in [5.74, 6) is 1.54. The first-order valence-electron chi connectivity index (χ1n) is 12.4. The van der Waals surface area contributed by atoms with Crippen LogP contribution in [0.1, 0.15) is 22.6 Å². The fourth-order valence-corrected chi connectivity index (χ4v) is 4.85. The van der Waals surface area contributed by atoms with Gasteiger partial charge in [0.15, 0.2) is 23.1 Å². The highest BCUT2D eigenvalue weighted by Gasteiger charge is 2.35. The average molecular weight is 602 g/mol. The highest BCUT2D eigenvalue weighted by atomic mass is 35.5. The summed E-state index contributed by atoms with van der Waals surface area (Å²) in [6.07, 6.45) is 3.34. The quantitative estimate of drug-likeness (QED) is 0.120. The minimum absolute atomic E-state index is 0.219. The summed E-state index contributed by atoms with van der Waals surface area (Å²) in [5, 5.41) is 15.4. The number of rotatable bonds is 6. The van der Waals surface area contributed by atoms with Gasteiger partial charge >= 0.3 is 0 Å². The molecule has 0 radical (unpaired) electrons.